The highest BCUT2D eigenvalue weighted by Gasteiger charge is 2.08. The van der Waals surface area contributed by atoms with E-state index >= 15 is 0 Å². The van der Waals surface area contributed by atoms with Crippen molar-refractivity contribution in [3.05, 3.63) is 23.8 Å². The Morgan fingerprint density at radius 3 is 2.48 bits per heavy atom. The Kier molecular flexibility index (Phi) is 6.94. The number of thiocarbonyl (C=S) groups is 1. The summed E-state index contributed by atoms with van der Waals surface area (Å²) in [5.41, 5.74) is 1.10. The molecule has 0 heterocycles. The van der Waals surface area contributed by atoms with Crippen LogP contribution in [0, 0.1) is 5.92 Å². The second-order valence-electron chi connectivity index (χ2n) is 4.84. The Hall–Kier alpha value is -1.82. The summed E-state index contributed by atoms with van der Waals surface area (Å²) in [5.74, 6) is 1.23. The van der Waals surface area contributed by atoms with Gasteiger partial charge in [0.15, 0.2) is 16.6 Å². The number of hydrogen-bond donors (Lipinski definition) is 2. The summed E-state index contributed by atoms with van der Waals surface area (Å²) in [7, 11) is 3.21. The summed E-state index contributed by atoms with van der Waals surface area (Å²) in [5, 5.41) is 6.01. The van der Waals surface area contributed by atoms with E-state index in [4.69, 9.17) is 21.7 Å². The molecule has 5 nitrogen and oxygen atoms in total. The molecule has 6 heteroatoms. The first-order valence-corrected chi connectivity index (χ1v) is 7.18. The molecule has 0 bridgehead atoms. The molecule has 0 atom stereocenters. The lowest BCUT2D eigenvalue weighted by molar-refractivity contribution is -0.122. The molecule has 0 saturated heterocycles. The van der Waals surface area contributed by atoms with E-state index in [1.807, 2.05) is 32.0 Å². The van der Waals surface area contributed by atoms with E-state index in [2.05, 4.69) is 10.6 Å². The van der Waals surface area contributed by atoms with Crippen LogP contribution in [0.25, 0.3) is 0 Å². The number of carbonyl (C=O) groups is 1. The lowest BCUT2D eigenvalue weighted by atomic mass is 10.1. The topological polar surface area (TPSA) is 59.6 Å². The maximum absolute atomic E-state index is 11.5. The predicted molar refractivity (Wildman–Crippen MR) is 86.8 cm³/mol. The minimum Gasteiger partial charge on any atom is -0.493 e. The molecule has 116 valence electrons. The summed E-state index contributed by atoms with van der Waals surface area (Å²) in [6.07, 6.45) is 0.762. The third-order valence-electron chi connectivity index (χ3n) is 2.91. The average Bonchev–Trinajstić information content (AvgIpc) is 2.46. The molecule has 0 radical (unpaired) electrons. The number of benzene rings is 1. The molecule has 0 aliphatic heterocycles. The number of hydrogen-bond acceptors (Lipinski definition) is 4. The summed E-state index contributed by atoms with van der Waals surface area (Å²) in [6.45, 7) is 4.27. The van der Waals surface area contributed by atoms with Crippen LogP contribution in [0.4, 0.5) is 0 Å². The Bertz CT molecular complexity index is 504. The predicted octanol–water partition coefficient (Wildman–Crippen LogP) is 1.89. The average molecular weight is 310 g/mol. The fourth-order valence-corrected chi connectivity index (χ4v) is 1.86. The van der Waals surface area contributed by atoms with Gasteiger partial charge in [0.2, 0.25) is 5.91 Å². The van der Waals surface area contributed by atoms with Crippen LogP contribution in [0.3, 0.4) is 0 Å². The lowest BCUT2D eigenvalue weighted by Crippen LogP contribution is -2.41. The number of methoxy groups -OCH3 is 2. The van der Waals surface area contributed by atoms with E-state index in [9.17, 15) is 4.79 Å². The Morgan fingerprint density at radius 2 is 1.90 bits per heavy atom. The van der Waals surface area contributed by atoms with Crippen molar-refractivity contribution in [1.29, 1.82) is 0 Å². The van der Waals surface area contributed by atoms with Gasteiger partial charge >= 0.3 is 0 Å². The molecule has 2 N–H and O–H groups in total. The Labute approximate surface area is 131 Å². The molecule has 0 fully saturated rings. The number of amides is 1. The van der Waals surface area contributed by atoms with Crippen LogP contribution in [0.15, 0.2) is 18.2 Å². The third-order valence-corrected chi connectivity index (χ3v) is 3.15. The fraction of sp³-hybridized carbons (Fsp3) is 0.467. The first-order chi connectivity index (χ1) is 9.97. The van der Waals surface area contributed by atoms with Crippen molar-refractivity contribution in [2.45, 2.75) is 20.3 Å². The summed E-state index contributed by atoms with van der Waals surface area (Å²) in [6, 6.07) is 5.77. The van der Waals surface area contributed by atoms with Gasteiger partial charge in [-0.15, -0.1) is 0 Å². The summed E-state index contributed by atoms with van der Waals surface area (Å²) < 4.78 is 10.4. The Morgan fingerprint density at radius 1 is 1.24 bits per heavy atom. The number of carbonyl (C=O) groups excluding carboxylic acids is 1. The molecule has 0 aromatic heterocycles. The normalized spacial score (nSPS) is 10.1. The van der Waals surface area contributed by atoms with E-state index in [0.717, 1.165) is 12.0 Å². The monoisotopic (exact) mass is 310 g/mol. The van der Waals surface area contributed by atoms with Crippen molar-refractivity contribution in [3.8, 4) is 11.5 Å². The van der Waals surface area contributed by atoms with Gasteiger partial charge in [-0.25, -0.2) is 0 Å². The molecule has 1 aromatic carbocycles. The molecule has 0 aliphatic rings. The quantitative estimate of drug-likeness (QED) is 0.786. The van der Waals surface area contributed by atoms with E-state index in [1.54, 1.807) is 14.2 Å². The molecule has 0 aliphatic carbocycles. The summed E-state index contributed by atoms with van der Waals surface area (Å²) >= 11 is 5.07. The standard InChI is InChI=1S/C15H22N2O3S/c1-10(2)14(18)17-15(21)16-8-7-11-5-6-12(19-3)13(9-11)20-4/h5-6,9-10H,7-8H2,1-4H3,(H2,16,17,18,21). The van der Waals surface area contributed by atoms with Gasteiger partial charge in [0, 0.05) is 12.5 Å². The molecule has 0 spiro atoms. The molecule has 0 unspecified atom stereocenters. The zero-order valence-electron chi connectivity index (χ0n) is 12.9. The van der Waals surface area contributed by atoms with Gasteiger partial charge in [0.25, 0.3) is 0 Å². The maximum Gasteiger partial charge on any atom is 0.228 e. The van der Waals surface area contributed by atoms with E-state index in [-0.39, 0.29) is 11.8 Å². The van der Waals surface area contributed by atoms with Crippen LogP contribution in [0.1, 0.15) is 19.4 Å². The van der Waals surface area contributed by atoms with Crippen LogP contribution in [0.5, 0.6) is 11.5 Å². The van der Waals surface area contributed by atoms with Crippen molar-refractivity contribution in [3.63, 3.8) is 0 Å². The molecular weight excluding hydrogens is 288 g/mol. The zero-order valence-corrected chi connectivity index (χ0v) is 13.7. The Balaban J connectivity index is 2.45. The van der Waals surface area contributed by atoms with Gasteiger partial charge in [-0.3, -0.25) is 4.79 Å². The smallest absolute Gasteiger partial charge is 0.228 e. The van der Waals surface area contributed by atoms with Crippen LogP contribution in [-0.4, -0.2) is 31.8 Å². The molecule has 0 saturated carbocycles. The van der Waals surface area contributed by atoms with Crippen molar-refractivity contribution in [2.24, 2.45) is 5.92 Å². The van der Waals surface area contributed by atoms with E-state index in [1.165, 1.54) is 0 Å². The van der Waals surface area contributed by atoms with Crippen molar-refractivity contribution in [2.75, 3.05) is 20.8 Å². The fourth-order valence-electron chi connectivity index (χ4n) is 1.66. The van der Waals surface area contributed by atoms with Crippen LogP contribution in [-0.2, 0) is 11.2 Å². The van der Waals surface area contributed by atoms with Crippen molar-refractivity contribution >= 4 is 23.2 Å². The second kappa shape index (κ2) is 8.46. The number of ether oxygens (including phenoxy) is 2. The summed E-state index contributed by atoms with van der Waals surface area (Å²) in [4.78, 5) is 11.5. The zero-order chi connectivity index (χ0) is 15.8. The van der Waals surface area contributed by atoms with Crippen LogP contribution < -0.4 is 20.1 Å². The van der Waals surface area contributed by atoms with E-state index < -0.39 is 0 Å². The molecule has 1 amide bonds. The molecule has 1 aromatic rings. The van der Waals surface area contributed by atoms with Crippen LogP contribution >= 0.6 is 12.2 Å². The third kappa shape index (κ3) is 5.59. The molecule has 1 rings (SSSR count). The molecular formula is C15H22N2O3S. The molecule has 21 heavy (non-hydrogen) atoms. The van der Waals surface area contributed by atoms with Crippen molar-refractivity contribution in [1.82, 2.24) is 10.6 Å². The van der Waals surface area contributed by atoms with Gasteiger partial charge in [0.05, 0.1) is 14.2 Å². The van der Waals surface area contributed by atoms with Crippen molar-refractivity contribution < 1.29 is 14.3 Å². The lowest BCUT2D eigenvalue weighted by Gasteiger charge is -2.12. The van der Waals surface area contributed by atoms with Gasteiger partial charge < -0.3 is 20.1 Å². The SMILES string of the molecule is COc1ccc(CCNC(=S)NC(=O)C(C)C)cc1OC. The second-order valence-corrected chi connectivity index (χ2v) is 5.25. The highest BCUT2D eigenvalue weighted by Crippen LogP contribution is 2.27. The van der Waals surface area contributed by atoms with Gasteiger partial charge in [-0.2, -0.15) is 0 Å². The number of nitrogens with one attached hydrogen (secondary N) is 2. The first-order valence-electron chi connectivity index (χ1n) is 6.77. The maximum atomic E-state index is 11.5. The van der Waals surface area contributed by atoms with Gasteiger partial charge in [0.1, 0.15) is 0 Å². The number of rotatable bonds is 6. The largest absolute Gasteiger partial charge is 0.493 e. The van der Waals surface area contributed by atoms with E-state index in [0.29, 0.717) is 23.2 Å². The highest BCUT2D eigenvalue weighted by molar-refractivity contribution is 7.80. The van der Waals surface area contributed by atoms with Gasteiger partial charge in [-0.1, -0.05) is 19.9 Å². The van der Waals surface area contributed by atoms with Crippen LogP contribution in [0.2, 0.25) is 0 Å². The highest BCUT2D eigenvalue weighted by atomic mass is 32.1. The first kappa shape index (κ1) is 17.2. The minimum atomic E-state index is -0.0874. The minimum absolute atomic E-state index is 0.0846. The van der Waals surface area contributed by atoms with Gasteiger partial charge in [-0.05, 0) is 36.3 Å².